The van der Waals surface area contributed by atoms with Crippen molar-refractivity contribution in [3.05, 3.63) is 64.2 Å². The van der Waals surface area contributed by atoms with Crippen molar-refractivity contribution in [3.63, 3.8) is 0 Å². The van der Waals surface area contributed by atoms with Crippen molar-refractivity contribution in [2.75, 3.05) is 0 Å². The number of allylic oxidation sites excluding steroid dienone is 3. The summed E-state index contributed by atoms with van der Waals surface area (Å²) in [6, 6.07) is 7.83. The van der Waals surface area contributed by atoms with Crippen molar-refractivity contribution < 1.29 is 19.8 Å². The lowest BCUT2D eigenvalue weighted by Crippen LogP contribution is -2.49. The number of hydrogen-bond donors (Lipinski definition) is 2. The number of Topliss-reactive ketones (excluding diaryl/α,β-unsaturated/α-hetero) is 1. The number of fused-ring (bicyclic) bond motifs is 1. The van der Waals surface area contributed by atoms with Gasteiger partial charge in [-0.3, -0.25) is 4.79 Å². The van der Waals surface area contributed by atoms with Gasteiger partial charge in [-0.1, -0.05) is 32.1 Å². The first-order valence-corrected chi connectivity index (χ1v) is 10.3. The predicted molar refractivity (Wildman–Crippen MR) is 115 cm³/mol. The summed E-state index contributed by atoms with van der Waals surface area (Å²) < 4.78 is 1.06. The molecule has 0 bridgehead atoms. The van der Waals surface area contributed by atoms with Gasteiger partial charge in [0.25, 0.3) is 0 Å². The van der Waals surface area contributed by atoms with Crippen LogP contribution in [0.15, 0.2) is 59.2 Å². The third-order valence-corrected chi connectivity index (χ3v) is 6.64. The van der Waals surface area contributed by atoms with Gasteiger partial charge in [0.2, 0.25) is 0 Å². The smallest absolute Gasteiger partial charge is 0.328 e. The second-order valence-corrected chi connectivity index (χ2v) is 9.28. The van der Waals surface area contributed by atoms with Crippen molar-refractivity contribution in [1.82, 2.24) is 4.98 Å². The van der Waals surface area contributed by atoms with Crippen LogP contribution in [0, 0.1) is 5.41 Å². The Bertz CT molecular complexity index is 1040. The first-order chi connectivity index (χ1) is 13.5. The van der Waals surface area contributed by atoms with Gasteiger partial charge >= 0.3 is 5.97 Å². The van der Waals surface area contributed by atoms with E-state index in [1.807, 2.05) is 38.1 Å². The monoisotopic (exact) mass is 411 g/mol. The highest BCUT2D eigenvalue weighted by molar-refractivity contribution is 7.18. The lowest BCUT2D eigenvalue weighted by atomic mass is 9.62. The zero-order chi connectivity index (χ0) is 21.4. The Balaban J connectivity index is 2.02. The van der Waals surface area contributed by atoms with Gasteiger partial charge in [-0.2, -0.15) is 0 Å². The Morgan fingerprint density at radius 2 is 2.00 bits per heavy atom. The maximum atomic E-state index is 12.9. The number of hydrogen-bond acceptors (Lipinski definition) is 5. The molecule has 0 saturated heterocycles. The van der Waals surface area contributed by atoms with Crippen molar-refractivity contribution in [2.24, 2.45) is 5.41 Å². The van der Waals surface area contributed by atoms with Gasteiger partial charge in [-0.15, -0.1) is 11.3 Å². The quantitative estimate of drug-likeness (QED) is 0.560. The number of para-hydroxylation sites is 1. The average Bonchev–Trinajstić information content (AvgIpc) is 3.04. The molecular weight excluding hydrogens is 386 g/mol. The highest BCUT2D eigenvalue weighted by Crippen LogP contribution is 2.47. The number of aromatic nitrogens is 1. The molecule has 0 saturated carbocycles. The maximum Gasteiger partial charge on any atom is 0.328 e. The molecule has 29 heavy (non-hydrogen) atoms. The third-order valence-electron chi connectivity index (χ3n) is 5.60. The molecule has 0 amide bonds. The highest BCUT2D eigenvalue weighted by Gasteiger charge is 2.49. The summed E-state index contributed by atoms with van der Waals surface area (Å²) in [5.41, 5.74) is 0.511. The van der Waals surface area contributed by atoms with Crippen molar-refractivity contribution in [3.8, 4) is 0 Å². The summed E-state index contributed by atoms with van der Waals surface area (Å²) in [6.07, 6.45) is 4.88. The van der Waals surface area contributed by atoms with Crippen LogP contribution < -0.4 is 0 Å². The van der Waals surface area contributed by atoms with Gasteiger partial charge in [0.05, 0.1) is 15.2 Å². The summed E-state index contributed by atoms with van der Waals surface area (Å²) in [7, 11) is 0. The van der Waals surface area contributed by atoms with E-state index in [1.54, 1.807) is 37.3 Å². The molecule has 1 heterocycles. The van der Waals surface area contributed by atoms with E-state index in [4.69, 9.17) is 5.11 Å². The van der Waals surface area contributed by atoms with Crippen LogP contribution in [0.25, 0.3) is 10.2 Å². The Morgan fingerprint density at radius 3 is 2.66 bits per heavy atom. The highest BCUT2D eigenvalue weighted by atomic mass is 32.1. The zero-order valence-electron chi connectivity index (χ0n) is 17.0. The lowest BCUT2D eigenvalue weighted by Gasteiger charge is -2.45. The van der Waals surface area contributed by atoms with E-state index in [0.29, 0.717) is 23.1 Å². The van der Waals surface area contributed by atoms with Gasteiger partial charge < -0.3 is 10.2 Å². The fourth-order valence-electron chi connectivity index (χ4n) is 3.81. The van der Waals surface area contributed by atoms with Gasteiger partial charge in [-0.25, -0.2) is 9.78 Å². The lowest BCUT2D eigenvalue weighted by molar-refractivity contribution is -0.131. The van der Waals surface area contributed by atoms with Crippen molar-refractivity contribution >= 4 is 33.3 Å². The summed E-state index contributed by atoms with van der Waals surface area (Å²) in [5.74, 6) is -1.02. The summed E-state index contributed by atoms with van der Waals surface area (Å²) >= 11 is 1.55. The Morgan fingerprint density at radius 1 is 1.31 bits per heavy atom. The van der Waals surface area contributed by atoms with Crippen LogP contribution in [0.5, 0.6) is 0 Å². The molecule has 152 valence electrons. The number of ketones is 1. The number of rotatable bonds is 5. The standard InChI is InChI=1S/C23H25NO4S/c1-14(11-21(26)27)9-10-23(28)15(2)16(18(25)13-22(23,3)4)12-20-24-17-7-5-6-8-19(17)29-20/h5-11,28H,12-13H2,1-4H3,(H,26,27)/b10-9+,14-11-/t23-/m1/s1. The normalized spacial score (nSPS) is 22.7. The van der Waals surface area contributed by atoms with Gasteiger partial charge in [-0.05, 0) is 43.2 Å². The number of aliphatic hydroxyl groups is 1. The van der Waals surface area contributed by atoms with E-state index in [-0.39, 0.29) is 12.2 Å². The molecule has 6 heteroatoms. The summed E-state index contributed by atoms with van der Waals surface area (Å²) in [6.45, 7) is 7.14. The van der Waals surface area contributed by atoms with Crippen LogP contribution in [0.3, 0.4) is 0 Å². The predicted octanol–water partition coefficient (Wildman–Crippen LogP) is 4.47. The van der Waals surface area contributed by atoms with Crippen LogP contribution in [-0.2, 0) is 16.0 Å². The molecule has 1 aromatic carbocycles. The van der Waals surface area contributed by atoms with Gasteiger partial charge in [0.1, 0.15) is 5.60 Å². The third kappa shape index (κ3) is 4.09. The molecule has 0 aliphatic heterocycles. The molecule has 3 rings (SSSR count). The largest absolute Gasteiger partial charge is 0.478 e. The summed E-state index contributed by atoms with van der Waals surface area (Å²) in [4.78, 5) is 28.4. The van der Waals surface area contributed by atoms with Gasteiger partial charge in [0, 0.05) is 29.9 Å². The summed E-state index contributed by atoms with van der Waals surface area (Å²) in [5, 5.41) is 21.3. The fourth-order valence-corrected chi connectivity index (χ4v) is 4.79. The molecule has 0 fully saturated rings. The topological polar surface area (TPSA) is 87.5 Å². The molecule has 0 unspecified atom stereocenters. The van der Waals surface area contributed by atoms with E-state index >= 15 is 0 Å². The number of nitrogens with zero attached hydrogens (tertiary/aromatic N) is 1. The fraction of sp³-hybridized carbons (Fsp3) is 0.348. The van der Waals surface area contributed by atoms with Crippen LogP contribution in [0.4, 0.5) is 0 Å². The molecule has 5 nitrogen and oxygen atoms in total. The van der Waals surface area contributed by atoms with E-state index < -0.39 is 17.0 Å². The Hall–Kier alpha value is -2.57. The van der Waals surface area contributed by atoms with Crippen LogP contribution in [0.1, 0.15) is 39.1 Å². The maximum absolute atomic E-state index is 12.9. The number of benzene rings is 1. The Kier molecular flexibility index (Phi) is 5.61. The molecule has 1 atom stereocenters. The second kappa shape index (κ2) is 7.69. The van der Waals surface area contributed by atoms with Gasteiger partial charge in [0.15, 0.2) is 5.78 Å². The molecule has 0 spiro atoms. The molecule has 2 N–H and O–H groups in total. The number of carboxylic acids is 1. The van der Waals surface area contributed by atoms with Crippen LogP contribution in [0.2, 0.25) is 0 Å². The van der Waals surface area contributed by atoms with E-state index in [1.165, 1.54) is 0 Å². The minimum absolute atomic E-state index is 0.0163. The first-order valence-electron chi connectivity index (χ1n) is 9.44. The first kappa shape index (κ1) is 21.1. The van der Waals surface area contributed by atoms with E-state index in [9.17, 15) is 14.7 Å². The SMILES string of the molecule is CC1=C(Cc2nc3ccccc3s2)C(=O)CC(C)(C)[C@@]1(O)/C=C/C(C)=C\C(=O)O. The van der Waals surface area contributed by atoms with Crippen LogP contribution in [-0.4, -0.2) is 32.6 Å². The molecule has 1 aliphatic rings. The average molecular weight is 412 g/mol. The minimum atomic E-state index is -1.36. The number of carboxylic acid groups (broad SMARTS) is 1. The van der Waals surface area contributed by atoms with E-state index in [0.717, 1.165) is 21.3 Å². The second-order valence-electron chi connectivity index (χ2n) is 8.17. The molecule has 1 aliphatic carbocycles. The number of carbonyl (C=O) groups is 2. The van der Waals surface area contributed by atoms with Crippen molar-refractivity contribution in [1.29, 1.82) is 0 Å². The molecule has 2 aromatic rings. The molecule has 1 aromatic heterocycles. The van der Waals surface area contributed by atoms with Crippen molar-refractivity contribution in [2.45, 2.75) is 46.1 Å². The number of carbonyl (C=O) groups excluding carboxylic acids is 1. The zero-order valence-corrected chi connectivity index (χ0v) is 17.8. The Labute approximate surface area is 174 Å². The number of thiazole rings is 1. The molecular formula is C23H25NO4S. The van der Waals surface area contributed by atoms with Crippen LogP contribution >= 0.6 is 11.3 Å². The molecule has 0 radical (unpaired) electrons. The number of aliphatic carboxylic acids is 1. The minimum Gasteiger partial charge on any atom is -0.478 e. The van der Waals surface area contributed by atoms with E-state index in [2.05, 4.69) is 4.98 Å².